The minimum atomic E-state index is -3.67. The van der Waals surface area contributed by atoms with Crippen LogP contribution < -0.4 is 4.74 Å². The molecule has 1 aromatic rings. The Hall–Kier alpha value is -0.890. The number of methoxy groups -OCH3 is 1. The number of aromatic nitrogens is 1. The van der Waals surface area contributed by atoms with Gasteiger partial charge in [-0.2, -0.15) is 4.31 Å². The molecule has 0 unspecified atom stereocenters. The lowest BCUT2D eigenvalue weighted by atomic mass is 9.90. The van der Waals surface area contributed by atoms with Gasteiger partial charge in [-0.3, -0.25) is 0 Å². The van der Waals surface area contributed by atoms with Gasteiger partial charge in [0.15, 0.2) is 0 Å². The molecule has 8 heteroatoms. The molecule has 6 nitrogen and oxygen atoms in total. The van der Waals surface area contributed by atoms with E-state index < -0.39 is 10.0 Å². The highest BCUT2D eigenvalue weighted by molar-refractivity contribution is 7.89. The lowest BCUT2D eigenvalue weighted by Gasteiger charge is -2.37. The number of rotatable bonds is 3. The Balaban J connectivity index is 1.84. The molecule has 1 aromatic heterocycles. The second-order valence-corrected chi connectivity index (χ2v) is 8.04. The number of ether oxygens (including phenoxy) is 2. The topological polar surface area (TPSA) is 68.7 Å². The normalized spacial score (nSPS) is 22.1. The fourth-order valence-electron chi connectivity index (χ4n) is 3.17. The van der Waals surface area contributed by atoms with E-state index in [9.17, 15) is 8.42 Å². The molecule has 0 saturated carbocycles. The number of nitrogens with zero attached hydrogens (tertiary/aromatic N) is 2. The maximum atomic E-state index is 12.8. The molecule has 3 heterocycles. The van der Waals surface area contributed by atoms with Crippen LogP contribution in [0.5, 0.6) is 5.88 Å². The molecule has 3 rings (SSSR count). The largest absolute Gasteiger partial charge is 0.480 e. The van der Waals surface area contributed by atoms with Crippen molar-refractivity contribution in [2.45, 2.75) is 36.2 Å². The molecular weight excluding hydrogens is 328 g/mol. The van der Waals surface area contributed by atoms with E-state index in [1.54, 1.807) is 0 Å². The van der Waals surface area contributed by atoms with Gasteiger partial charge in [0.25, 0.3) is 0 Å². The monoisotopic (exact) mass is 346 g/mol. The SMILES string of the molecule is COc1ncc(Cl)cc1S(=O)(=O)N1CCC2(CCCO2)CC1. The van der Waals surface area contributed by atoms with E-state index in [1.165, 1.54) is 23.7 Å². The average molecular weight is 347 g/mol. The van der Waals surface area contributed by atoms with E-state index in [-0.39, 0.29) is 21.4 Å². The Morgan fingerprint density at radius 3 is 2.68 bits per heavy atom. The summed E-state index contributed by atoms with van der Waals surface area (Å²) in [5, 5.41) is 0.270. The Morgan fingerprint density at radius 2 is 2.09 bits per heavy atom. The summed E-state index contributed by atoms with van der Waals surface area (Å²) in [4.78, 5) is 3.96. The zero-order valence-electron chi connectivity index (χ0n) is 12.4. The van der Waals surface area contributed by atoms with Crippen molar-refractivity contribution in [2.75, 3.05) is 26.8 Å². The third kappa shape index (κ3) is 2.82. The highest BCUT2D eigenvalue weighted by Gasteiger charge is 2.42. The number of pyridine rings is 1. The first kappa shape index (κ1) is 16.0. The predicted octanol–water partition coefficient (Wildman–Crippen LogP) is 2.08. The molecule has 2 fully saturated rings. The first-order valence-electron chi connectivity index (χ1n) is 7.31. The molecule has 0 N–H and O–H groups in total. The molecule has 0 aromatic carbocycles. The van der Waals surface area contributed by atoms with E-state index in [4.69, 9.17) is 21.1 Å². The number of sulfonamides is 1. The molecule has 1 spiro atoms. The average Bonchev–Trinajstić information content (AvgIpc) is 2.96. The number of hydrogen-bond acceptors (Lipinski definition) is 5. The molecule has 22 heavy (non-hydrogen) atoms. The fourth-order valence-corrected chi connectivity index (χ4v) is 4.97. The van der Waals surface area contributed by atoms with Crippen LogP contribution in [0.2, 0.25) is 5.02 Å². The van der Waals surface area contributed by atoms with Crippen LogP contribution in [-0.4, -0.2) is 50.1 Å². The molecule has 2 aliphatic rings. The second-order valence-electron chi connectivity index (χ2n) is 5.70. The van der Waals surface area contributed by atoms with Crippen LogP contribution in [0, 0.1) is 0 Å². The summed E-state index contributed by atoms with van der Waals surface area (Å²) in [6.45, 7) is 1.66. The lowest BCUT2D eigenvalue weighted by Crippen LogP contribution is -2.46. The van der Waals surface area contributed by atoms with E-state index >= 15 is 0 Å². The van der Waals surface area contributed by atoms with Crippen molar-refractivity contribution in [3.05, 3.63) is 17.3 Å². The van der Waals surface area contributed by atoms with Crippen molar-refractivity contribution in [1.82, 2.24) is 9.29 Å². The molecule has 0 aliphatic carbocycles. The first-order chi connectivity index (χ1) is 10.5. The quantitative estimate of drug-likeness (QED) is 0.838. The third-order valence-electron chi connectivity index (χ3n) is 4.41. The molecule has 0 amide bonds. The van der Waals surface area contributed by atoms with Gasteiger partial charge >= 0.3 is 0 Å². The summed E-state index contributed by atoms with van der Waals surface area (Å²) in [6.07, 6.45) is 4.89. The standard InChI is InChI=1S/C14H19ClN2O4S/c1-20-13-12(9-11(15)10-16-13)22(18,19)17-6-4-14(5-7-17)3-2-8-21-14/h9-10H,2-8H2,1H3. The number of halogens is 1. The fraction of sp³-hybridized carbons (Fsp3) is 0.643. The van der Waals surface area contributed by atoms with Crippen LogP contribution in [-0.2, 0) is 14.8 Å². The van der Waals surface area contributed by atoms with Gasteiger partial charge in [0, 0.05) is 25.9 Å². The summed E-state index contributed by atoms with van der Waals surface area (Å²) in [7, 11) is -2.27. The first-order valence-corrected chi connectivity index (χ1v) is 9.12. The van der Waals surface area contributed by atoms with Gasteiger partial charge in [-0.15, -0.1) is 0 Å². The molecule has 0 radical (unpaired) electrons. The van der Waals surface area contributed by atoms with E-state index in [0.717, 1.165) is 32.3 Å². The Morgan fingerprint density at radius 1 is 1.36 bits per heavy atom. The smallest absolute Gasteiger partial charge is 0.248 e. The summed E-state index contributed by atoms with van der Waals surface area (Å²) < 4.78 is 38.0. The van der Waals surface area contributed by atoms with Gasteiger partial charge in [0.2, 0.25) is 15.9 Å². The lowest BCUT2D eigenvalue weighted by molar-refractivity contribution is -0.0309. The van der Waals surface area contributed by atoms with Gasteiger partial charge in [-0.1, -0.05) is 11.6 Å². The molecule has 0 bridgehead atoms. The van der Waals surface area contributed by atoms with Crippen molar-refractivity contribution in [3.63, 3.8) is 0 Å². The minimum absolute atomic E-state index is 0.0193. The summed E-state index contributed by atoms with van der Waals surface area (Å²) in [6, 6.07) is 1.39. The van der Waals surface area contributed by atoms with Crippen molar-refractivity contribution in [3.8, 4) is 5.88 Å². The van der Waals surface area contributed by atoms with E-state index in [2.05, 4.69) is 4.98 Å². The second kappa shape index (κ2) is 5.96. The van der Waals surface area contributed by atoms with Crippen LogP contribution in [0.4, 0.5) is 0 Å². The maximum absolute atomic E-state index is 12.8. The van der Waals surface area contributed by atoms with Crippen LogP contribution in [0.3, 0.4) is 0 Å². The zero-order valence-corrected chi connectivity index (χ0v) is 14.0. The number of piperidine rings is 1. The van der Waals surface area contributed by atoms with Gasteiger partial charge in [0.1, 0.15) is 4.90 Å². The molecule has 2 aliphatic heterocycles. The zero-order chi connectivity index (χ0) is 15.8. The van der Waals surface area contributed by atoms with Crippen LogP contribution >= 0.6 is 11.6 Å². The maximum Gasteiger partial charge on any atom is 0.248 e. The van der Waals surface area contributed by atoms with Gasteiger partial charge in [-0.05, 0) is 31.7 Å². The molecule has 2 saturated heterocycles. The number of hydrogen-bond donors (Lipinski definition) is 0. The third-order valence-corrected chi connectivity index (χ3v) is 6.51. The van der Waals surface area contributed by atoms with Crippen molar-refractivity contribution in [1.29, 1.82) is 0 Å². The Labute approximate surface area is 135 Å². The highest BCUT2D eigenvalue weighted by Crippen LogP contribution is 2.38. The van der Waals surface area contributed by atoms with Crippen molar-refractivity contribution >= 4 is 21.6 Å². The van der Waals surface area contributed by atoms with E-state index in [1.807, 2.05) is 0 Å². The van der Waals surface area contributed by atoms with Crippen molar-refractivity contribution in [2.24, 2.45) is 0 Å². The van der Waals surface area contributed by atoms with Gasteiger partial charge in [0.05, 0.1) is 17.7 Å². The highest BCUT2D eigenvalue weighted by atomic mass is 35.5. The molecular formula is C14H19ClN2O4S. The van der Waals surface area contributed by atoms with E-state index in [0.29, 0.717) is 13.1 Å². The van der Waals surface area contributed by atoms with Crippen LogP contribution in [0.25, 0.3) is 0 Å². The van der Waals surface area contributed by atoms with Crippen molar-refractivity contribution < 1.29 is 17.9 Å². The minimum Gasteiger partial charge on any atom is -0.480 e. The molecule has 122 valence electrons. The Bertz CT molecular complexity index is 649. The Kier molecular flexibility index (Phi) is 4.33. The summed E-state index contributed by atoms with van der Waals surface area (Å²) in [5.41, 5.74) is -0.122. The summed E-state index contributed by atoms with van der Waals surface area (Å²) in [5.74, 6) is 0.0711. The van der Waals surface area contributed by atoms with Crippen LogP contribution in [0.15, 0.2) is 17.2 Å². The van der Waals surface area contributed by atoms with Gasteiger partial charge < -0.3 is 9.47 Å². The predicted molar refractivity (Wildman–Crippen MR) is 81.7 cm³/mol. The van der Waals surface area contributed by atoms with Gasteiger partial charge in [-0.25, -0.2) is 13.4 Å². The summed E-state index contributed by atoms with van der Waals surface area (Å²) >= 11 is 5.90. The van der Waals surface area contributed by atoms with Crippen LogP contribution in [0.1, 0.15) is 25.7 Å². The molecule has 0 atom stereocenters.